The summed E-state index contributed by atoms with van der Waals surface area (Å²) in [6.45, 7) is 5.49. The highest BCUT2D eigenvalue weighted by Crippen LogP contribution is 2.41. The molecule has 1 saturated carbocycles. The van der Waals surface area contributed by atoms with Crippen molar-refractivity contribution in [3.8, 4) is 0 Å². The van der Waals surface area contributed by atoms with Crippen LogP contribution in [0.4, 0.5) is 9.18 Å². The standard InChI is InChI=1S/C23H26FNO3/c1-22(2,3)28-21(27)25-23(13-6-14-23)18-11-9-16(10-12-18)20(26)15-17-7-4-5-8-19(17)24/h4-5,7-12H,6,13-15H2,1-3H3,(H,25,27). The average Bonchev–Trinajstić information content (AvgIpc) is 2.59. The maximum absolute atomic E-state index is 13.8. The van der Waals surface area contributed by atoms with Gasteiger partial charge in [-0.05, 0) is 57.2 Å². The molecule has 0 saturated heterocycles. The van der Waals surface area contributed by atoms with Gasteiger partial charge in [-0.3, -0.25) is 4.79 Å². The molecular weight excluding hydrogens is 357 g/mol. The highest BCUT2D eigenvalue weighted by atomic mass is 19.1. The highest BCUT2D eigenvalue weighted by Gasteiger charge is 2.41. The lowest BCUT2D eigenvalue weighted by atomic mass is 9.71. The lowest BCUT2D eigenvalue weighted by Crippen LogP contribution is -2.52. The summed E-state index contributed by atoms with van der Waals surface area (Å²) in [6, 6.07) is 13.5. The van der Waals surface area contributed by atoms with E-state index in [1.54, 1.807) is 30.3 Å². The van der Waals surface area contributed by atoms with Gasteiger partial charge in [0.05, 0.1) is 5.54 Å². The predicted molar refractivity (Wildman–Crippen MR) is 106 cm³/mol. The number of ketones is 1. The second-order valence-electron chi connectivity index (χ2n) is 8.33. The summed E-state index contributed by atoms with van der Waals surface area (Å²) in [6.07, 6.45) is 2.26. The first-order valence-electron chi connectivity index (χ1n) is 9.57. The number of benzene rings is 2. The van der Waals surface area contributed by atoms with Crippen LogP contribution in [0.1, 0.15) is 61.5 Å². The number of rotatable bonds is 5. The number of hydrogen-bond acceptors (Lipinski definition) is 3. The largest absolute Gasteiger partial charge is 0.444 e. The van der Waals surface area contributed by atoms with Crippen molar-refractivity contribution in [3.63, 3.8) is 0 Å². The molecular formula is C23H26FNO3. The number of hydrogen-bond donors (Lipinski definition) is 1. The first-order valence-corrected chi connectivity index (χ1v) is 9.57. The third kappa shape index (κ3) is 4.58. The molecule has 5 heteroatoms. The molecule has 2 aromatic rings. The maximum atomic E-state index is 13.8. The zero-order chi connectivity index (χ0) is 20.4. The van der Waals surface area contributed by atoms with E-state index in [2.05, 4.69) is 5.32 Å². The molecule has 0 spiro atoms. The summed E-state index contributed by atoms with van der Waals surface area (Å²) in [5.41, 5.74) is 0.859. The fourth-order valence-corrected chi connectivity index (χ4v) is 3.41. The summed E-state index contributed by atoms with van der Waals surface area (Å²) >= 11 is 0. The van der Waals surface area contributed by atoms with E-state index < -0.39 is 17.2 Å². The van der Waals surface area contributed by atoms with Crippen molar-refractivity contribution in [3.05, 3.63) is 71.0 Å². The van der Waals surface area contributed by atoms with E-state index in [4.69, 9.17) is 4.74 Å². The maximum Gasteiger partial charge on any atom is 0.408 e. The minimum atomic E-state index is -0.558. The Morgan fingerprint density at radius 1 is 1.07 bits per heavy atom. The second-order valence-corrected chi connectivity index (χ2v) is 8.33. The van der Waals surface area contributed by atoms with Crippen molar-refractivity contribution in [2.75, 3.05) is 0 Å². The Morgan fingerprint density at radius 2 is 1.71 bits per heavy atom. The molecule has 0 aliphatic heterocycles. The number of ether oxygens (including phenoxy) is 1. The van der Waals surface area contributed by atoms with Gasteiger partial charge in [-0.25, -0.2) is 9.18 Å². The molecule has 1 fully saturated rings. The van der Waals surface area contributed by atoms with Crippen LogP contribution < -0.4 is 5.32 Å². The third-order valence-electron chi connectivity index (χ3n) is 5.02. The Bertz CT molecular complexity index is 864. The smallest absolute Gasteiger partial charge is 0.408 e. The van der Waals surface area contributed by atoms with E-state index in [9.17, 15) is 14.0 Å². The van der Waals surface area contributed by atoms with E-state index in [0.29, 0.717) is 11.1 Å². The highest BCUT2D eigenvalue weighted by molar-refractivity contribution is 5.97. The number of carbonyl (C=O) groups excluding carboxylic acids is 2. The van der Waals surface area contributed by atoms with Gasteiger partial charge >= 0.3 is 6.09 Å². The molecule has 1 aliphatic carbocycles. The van der Waals surface area contributed by atoms with E-state index in [0.717, 1.165) is 24.8 Å². The summed E-state index contributed by atoms with van der Waals surface area (Å²) in [4.78, 5) is 24.7. The molecule has 2 aromatic carbocycles. The van der Waals surface area contributed by atoms with Crippen LogP contribution in [0, 0.1) is 5.82 Å². The molecule has 4 nitrogen and oxygen atoms in total. The minimum absolute atomic E-state index is 0.0212. The van der Waals surface area contributed by atoms with Gasteiger partial charge in [0.2, 0.25) is 0 Å². The van der Waals surface area contributed by atoms with Crippen molar-refractivity contribution in [1.29, 1.82) is 0 Å². The van der Waals surface area contributed by atoms with Crippen molar-refractivity contribution < 1.29 is 18.7 Å². The summed E-state index contributed by atoms with van der Waals surface area (Å²) < 4.78 is 19.2. The Balaban J connectivity index is 1.71. The lowest BCUT2D eigenvalue weighted by molar-refractivity contribution is 0.0377. The number of amides is 1. The molecule has 3 rings (SSSR count). The van der Waals surface area contributed by atoms with E-state index in [1.165, 1.54) is 6.07 Å². The van der Waals surface area contributed by atoms with Crippen LogP contribution in [0.15, 0.2) is 48.5 Å². The molecule has 0 atom stereocenters. The second kappa shape index (κ2) is 7.74. The van der Waals surface area contributed by atoms with Crippen molar-refractivity contribution >= 4 is 11.9 Å². The Kier molecular flexibility index (Phi) is 5.54. The predicted octanol–water partition coefficient (Wildman–Crippen LogP) is 5.16. The minimum Gasteiger partial charge on any atom is -0.444 e. The fourth-order valence-electron chi connectivity index (χ4n) is 3.41. The van der Waals surface area contributed by atoms with Gasteiger partial charge in [0, 0.05) is 12.0 Å². The Morgan fingerprint density at radius 3 is 2.25 bits per heavy atom. The van der Waals surface area contributed by atoms with E-state index in [-0.39, 0.29) is 18.0 Å². The molecule has 1 amide bonds. The first-order chi connectivity index (χ1) is 13.2. The molecule has 0 bridgehead atoms. The fraction of sp³-hybridized carbons (Fsp3) is 0.391. The van der Waals surface area contributed by atoms with E-state index >= 15 is 0 Å². The molecule has 1 aliphatic rings. The summed E-state index contributed by atoms with van der Waals surface area (Å²) in [7, 11) is 0. The molecule has 1 N–H and O–H groups in total. The number of alkyl carbamates (subject to hydrolysis) is 1. The van der Waals surface area contributed by atoms with Gasteiger partial charge in [0.1, 0.15) is 11.4 Å². The monoisotopic (exact) mass is 383 g/mol. The lowest BCUT2D eigenvalue weighted by Gasteiger charge is -2.43. The molecule has 28 heavy (non-hydrogen) atoms. The topological polar surface area (TPSA) is 55.4 Å². The van der Waals surface area contributed by atoms with Gasteiger partial charge in [-0.15, -0.1) is 0 Å². The van der Waals surface area contributed by atoms with Gasteiger partial charge in [0.15, 0.2) is 5.78 Å². The van der Waals surface area contributed by atoms with Crippen molar-refractivity contribution in [2.24, 2.45) is 0 Å². The molecule has 148 valence electrons. The van der Waals surface area contributed by atoms with Crippen LogP contribution in [0.5, 0.6) is 0 Å². The first kappa shape index (κ1) is 20.1. The molecule has 0 heterocycles. The summed E-state index contributed by atoms with van der Waals surface area (Å²) in [5.74, 6) is -0.512. The zero-order valence-electron chi connectivity index (χ0n) is 16.5. The van der Waals surface area contributed by atoms with Crippen LogP contribution in [-0.2, 0) is 16.7 Å². The Labute approximate surface area is 165 Å². The van der Waals surface area contributed by atoms with Gasteiger partial charge in [-0.1, -0.05) is 42.5 Å². The molecule has 0 aromatic heterocycles. The molecule has 0 radical (unpaired) electrons. The number of nitrogens with one attached hydrogen (secondary N) is 1. The normalized spacial score (nSPS) is 15.4. The SMILES string of the molecule is CC(C)(C)OC(=O)NC1(c2ccc(C(=O)Cc3ccccc3F)cc2)CCC1. The molecule has 0 unspecified atom stereocenters. The van der Waals surface area contributed by atoms with Crippen LogP contribution in [0.3, 0.4) is 0 Å². The van der Waals surface area contributed by atoms with Gasteiger partial charge in [0.25, 0.3) is 0 Å². The zero-order valence-corrected chi connectivity index (χ0v) is 16.5. The van der Waals surface area contributed by atoms with E-state index in [1.807, 2.05) is 32.9 Å². The number of carbonyl (C=O) groups is 2. The quantitative estimate of drug-likeness (QED) is 0.726. The van der Waals surface area contributed by atoms with Crippen molar-refractivity contribution in [2.45, 2.75) is 57.6 Å². The van der Waals surface area contributed by atoms with Crippen LogP contribution in [0.25, 0.3) is 0 Å². The van der Waals surface area contributed by atoms with Crippen LogP contribution >= 0.6 is 0 Å². The van der Waals surface area contributed by atoms with Gasteiger partial charge < -0.3 is 10.1 Å². The Hall–Kier alpha value is -2.69. The average molecular weight is 383 g/mol. The third-order valence-corrected chi connectivity index (χ3v) is 5.02. The number of Topliss-reactive ketones (excluding diaryl/α,β-unsaturated/α-hetero) is 1. The van der Waals surface area contributed by atoms with Gasteiger partial charge in [-0.2, -0.15) is 0 Å². The van der Waals surface area contributed by atoms with Crippen molar-refractivity contribution in [1.82, 2.24) is 5.32 Å². The summed E-state index contributed by atoms with van der Waals surface area (Å²) in [5, 5.41) is 3.00. The van der Waals surface area contributed by atoms with Crippen LogP contribution in [0.2, 0.25) is 0 Å². The number of halogens is 1. The van der Waals surface area contributed by atoms with Crippen LogP contribution in [-0.4, -0.2) is 17.5 Å².